The number of aryl methyl sites for hydroxylation is 2. The summed E-state index contributed by atoms with van der Waals surface area (Å²) in [5.41, 5.74) is 3.10. The number of rotatable bonds is 7. The Bertz CT molecular complexity index is 810. The Labute approximate surface area is 156 Å². The van der Waals surface area contributed by atoms with Gasteiger partial charge < -0.3 is 5.32 Å². The molecular weight excluding hydrogens is 350 g/mol. The van der Waals surface area contributed by atoms with Crippen molar-refractivity contribution in [1.29, 1.82) is 0 Å². The molecule has 0 saturated carbocycles. The van der Waals surface area contributed by atoms with Gasteiger partial charge in [-0.2, -0.15) is 0 Å². The van der Waals surface area contributed by atoms with Crippen LogP contribution in [0, 0.1) is 6.92 Å². The summed E-state index contributed by atoms with van der Waals surface area (Å²) in [6.45, 7) is 4.01. The maximum atomic E-state index is 12.6. The Balaban J connectivity index is 1.83. The highest BCUT2D eigenvalue weighted by atomic mass is 32.1. The maximum Gasteiger partial charge on any atom is 0.265 e. The number of aromatic nitrogens is 2. The molecule has 1 unspecified atom stereocenters. The molecule has 1 N–H and O–H groups in total. The largest absolute Gasteiger partial charge is 0.339 e. The normalized spacial score (nSPS) is 12.1. The van der Waals surface area contributed by atoms with Gasteiger partial charge in [0.2, 0.25) is 0 Å². The minimum atomic E-state index is -0.158. The van der Waals surface area contributed by atoms with Crippen LogP contribution in [-0.2, 0) is 6.42 Å². The summed E-state index contributed by atoms with van der Waals surface area (Å²) in [6.07, 6.45) is 3.48. The summed E-state index contributed by atoms with van der Waals surface area (Å²) in [6, 6.07) is 12.5. The lowest BCUT2D eigenvalue weighted by Gasteiger charge is -2.18. The fourth-order valence-corrected chi connectivity index (χ4v) is 4.03. The summed E-state index contributed by atoms with van der Waals surface area (Å²) < 4.78 is 3.86. The van der Waals surface area contributed by atoms with Crippen LogP contribution in [0.3, 0.4) is 0 Å². The molecule has 4 nitrogen and oxygen atoms in total. The molecule has 2 aromatic heterocycles. The summed E-state index contributed by atoms with van der Waals surface area (Å²) in [5, 5.41) is 9.11. The monoisotopic (exact) mass is 371 g/mol. The Kier molecular flexibility index (Phi) is 5.94. The van der Waals surface area contributed by atoms with Crippen LogP contribution in [0.1, 0.15) is 57.2 Å². The first-order valence-electron chi connectivity index (χ1n) is 8.41. The van der Waals surface area contributed by atoms with Gasteiger partial charge in [-0.15, -0.1) is 16.4 Å². The molecule has 0 spiro atoms. The Hall–Kier alpha value is -2.05. The minimum Gasteiger partial charge on any atom is -0.339 e. The molecule has 2 heterocycles. The van der Waals surface area contributed by atoms with Crippen molar-refractivity contribution >= 4 is 28.8 Å². The quantitative estimate of drug-likeness (QED) is 0.651. The predicted molar refractivity (Wildman–Crippen MR) is 103 cm³/mol. The van der Waals surface area contributed by atoms with Gasteiger partial charge in [-0.1, -0.05) is 48.2 Å². The second-order valence-electron chi connectivity index (χ2n) is 5.95. The van der Waals surface area contributed by atoms with Crippen LogP contribution >= 0.6 is 22.9 Å². The lowest BCUT2D eigenvalue weighted by atomic mass is 10.0. The van der Waals surface area contributed by atoms with Crippen molar-refractivity contribution in [3.8, 4) is 0 Å². The summed E-state index contributed by atoms with van der Waals surface area (Å²) in [7, 11) is 0. The van der Waals surface area contributed by atoms with E-state index in [1.807, 2.05) is 11.4 Å². The Morgan fingerprint density at radius 3 is 2.64 bits per heavy atom. The molecule has 1 atom stereocenters. The van der Waals surface area contributed by atoms with Crippen molar-refractivity contribution in [1.82, 2.24) is 14.9 Å². The second kappa shape index (κ2) is 8.36. The van der Waals surface area contributed by atoms with Crippen molar-refractivity contribution < 1.29 is 4.79 Å². The van der Waals surface area contributed by atoms with Gasteiger partial charge in [0.25, 0.3) is 5.91 Å². The minimum absolute atomic E-state index is 0.124. The number of unbranched alkanes of at least 4 members (excludes halogenated alkanes) is 1. The van der Waals surface area contributed by atoms with Gasteiger partial charge in [-0.25, -0.2) is 0 Å². The standard InChI is InChI=1S/C19H21N3OS2/c1-3-4-6-14-8-10-15(11-9-14)17(16-7-5-12-24-16)20-19(23)18-13(2)21-22-25-18/h5,7-12,17H,3-4,6H2,1-2H3,(H,20,23). The van der Waals surface area contributed by atoms with E-state index in [0.717, 1.165) is 28.4 Å². The average Bonchev–Trinajstić information content (AvgIpc) is 3.30. The van der Waals surface area contributed by atoms with E-state index in [0.29, 0.717) is 10.6 Å². The molecule has 1 amide bonds. The highest BCUT2D eigenvalue weighted by molar-refractivity contribution is 7.10. The topological polar surface area (TPSA) is 54.9 Å². The first-order valence-corrected chi connectivity index (χ1v) is 10.1. The van der Waals surface area contributed by atoms with E-state index in [9.17, 15) is 4.79 Å². The van der Waals surface area contributed by atoms with Crippen LogP contribution in [0.2, 0.25) is 0 Å². The second-order valence-corrected chi connectivity index (χ2v) is 7.69. The SMILES string of the molecule is CCCCc1ccc(C(NC(=O)c2snnc2C)c2cccs2)cc1. The van der Waals surface area contributed by atoms with Crippen LogP contribution in [-0.4, -0.2) is 15.5 Å². The number of thiophene rings is 1. The number of carbonyl (C=O) groups excluding carboxylic acids is 1. The molecule has 3 aromatic rings. The molecule has 3 rings (SSSR count). The summed E-state index contributed by atoms with van der Waals surface area (Å²) >= 11 is 2.78. The lowest BCUT2D eigenvalue weighted by molar-refractivity contribution is 0.0947. The van der Waals surface area contributed by atoms with E-state index >= 15 is 0 Å². The number of benzene rings is 1. The zero-order chi connectivity index (χ0) is 17.6. The van der Waals surface area contributed by atoms with Crippen molar-refractivity contribution in [3.05, 3.63) is 68.4 Å². The predicted octanol–water partition coefficient (Wildman–Crippen LogP) is 4.77. The fraction of sp³-hybridized carbons (Fsp3) is 0.316. The zero-order valence-electron chi connectivity index (χ0n) is 14.4. The number of hydrogen-bond acceptors (Lipinski definition) is 5. The lowest BCUT2D eigenvalue weighted by Crippen LogP contribution is -2.28. The van der Waals surface area contributed by atoms with Gasteiger partial charge in [-0.3, -0.25) is 4.79 Å². The molecule has 0 bridgehead atoms. The van der Waals surface area contributed by atoms with E-state index in [2.05, 4.69) is 52.2 Å². The summed E-state index contributed by atoms with van der Waals surface area (Å²) in [4.78, 5) is 14.3. The average molecular weight is 372 g/mol. The third kappa shape index (κ3) is 4.32. The van der Waals surface area contributed by atoms with E-state index in [1.54, 1.807) is 18.3 Å². The first kappa shape index (κ1) is 17.8. The number of nitrogens with zero attached hydrogens (tertiary/aromatic N) is 2. The maximum absolute atomic E-state index is 12.6. The summed E-state index contributed by atoms with van der Waals surface area (Å²) in [5.74, 6) is -0.124. The van der Waals surface area contributed by atoms with Gasteiger partial charge in [0.05, 0.1) is 11.7 Å². The number of carbonyl (C=O) groups is 1. The van der Waals surface area contributed by atoms with Crippen LogP contribution in [0.4, 0.5) is 0 Å². The molecule has 0 aliphatic heterocycles. The van der Waals surface area contributed by atoms with Crippen molar-refractivity contribution in [2.45, 2.75) is 39.2 Å². The van der Waals surface area contributed by atoms with E-state index < -0.39 is 0 Å². The van der Waals surface area contributed by atoms with Crippen molar-refractivity contribution in [2.24, 2.45) is 0 Å². The molecule has 0 radical (unpaired) electrons. The van der Waals surface area contributed by atoms with E-state index in [-0.39, 0.29) is 11.9 Å². The molecule has 25 heavy (non-hydrogen) atoms. The smallest absolute Gasteiger partial charge is 0.265 e. The number of hydrogen-bond donors (Lipinski definition) is 1. The first-order chi connectivity index (χ1) is 12.2. The number of nitrogens with one attached hydrogen (secondary N) is 1. The molecule has 0 fully saturated rings. The van der Waals surface area contributed by atoms with Gasteiger partial charge >= 0.3 is 0 Å². The number of amides is 1. The third-order valence-electron chi connectivity index (χ3n) is 4.09. The van der Waals surface area contributed by atoms with E-state index in [4.69, 9.17) is 0 Å². The molecule has 1 aromatic carbocycles. The molecule has 0 saturated heterocycles. The Morgan fingerprint density at radius 1 is 1.24 bits per heavy atom. The molecule has 0 aliphatic rings. The van der Waals surface area contributed by atoms with Gasteiger partial charge in [0, 0.05) is 4.88 Å². The van der Waals surface area contributed by atoms with Gasteiger partial charge in [0.15, 0.2) is 0 Å². The third-order valence-corrected chi connectivity index (χ3v) is 5.86. The highest BCUT2D eigenvalue weighted by Crippen LogP contribution is 2.27. The molecule has 6 heteroatoms. The highest BCUT2D eigenvalue weighted by Gasteiger charge is 2.21. The van der Waals surface area contributed by atoms with Crippen LogP contribution in [0.5, 0.6) is 0 Å². The van der Waals surface area contributed by atoms with Gasteiger partial charge in [0.1, 0.15) is 4.88 Å². The zero-order valence-corrected chi connectivity index (χ0v) is 16.0. The van der Waals surface area contributed by atoms with Crippen LogP contribution < -0.4 is 5.32 Å². The molecular formula is C19H21N3OS2. The Morgan fingerprint density at radius 2 is 2.04 bits per heavy atom. The molecule has 130 valence electrons. The molecule has 0 aliphatic carbocycles. The van der Waals surface area contributed by atoms with Crippen molar-refractivity contribution in [3.63, 3.8) is 0 Å². The van der Waals surface area contributed by atoms with Crippen LogP contribution in [0.15, 0.2) is 41.8 Å². The van der Waals surface area contributed by atoms with Gasteiger partial charge in [-0.05, 0) is 53.9 Å². The van der Waals surface area contributed by atoms with Crippen molar-refractivity contribution in [2.75, 3.05) is 0 Å². The van der Waals surface area contributed by atoms with E-state index in [1.165, 1.54) is 18.4 Å². The van der Waals surface area contributed by atoms with Crippen LogP contribution in [0.25, 0.3) is 0 Å². The fourth-order valence-electron chi connectivity index (χ4n) is 2.67.